The van der Waals surface area contributed by atoms with Crippen molar-refractivity contribution in [1.29, 1.82) is 0 Å². The molecule has 5 heteroatoms. The molecule has 16 heavy (non-hydrogen) atoms. The van der Waals surface area contributed by atoms with Crippen LogP contribution in [-0.4, -0.2) is 29.1 Å². The Kier molecular flexibility index (Phi) is 5.44. The van der Waals surface area contributed by atoms with Gasteiger partial charge in [0.05, 0.1) is 0 Å². The first-order valence-electron chi connectivity index (χ1n) is 5.42. The minimum absolute atomic E-state index is 0.0522. The molecule has 0 radical (unpaired) electrons. The minimum Gasteiger partial charge on any atom is -0.480 e. The molecule has 0 aromatic rings. The number of hydrogen-bond acceptors (Lipinski definition) is 3. The second kappa shape index (κ2) is 5.84. The Morgan fingerprint density at radius 2 is 1.88 bits per heavy atom. The monoisotopic (exact) mass is 230 g/mol. The van der Waals surface area contributed by atoms with Gasteiger partial charge in [0.1, 0.15) is 6.04 Å². The van der Waals surface area contributed by atoms with Gasteiger partial charge >= 0.3 is 5.97 Å². The van der Waals surface area contributed by atoms with E-state index >= 15 is 0 Å². The zero-order valence-electron chi connectivity index (χ0n) is 10.4. The quantitative estimate of drug-likeness (QED) is 0.649. The van der Waals surface area contributed by atoms with Gasteiger partial charge in [-0.25, -0.2) is 4.79 Å². The van der Waals surface area contributed by atoms with Gasteiger partial charge in [0.15, 0.2) is 0 Å². The van der Waals surface area contributed by atoms with Gasteiger partial charge in [0, 0.05) is 12.5 Å². The van der Waals surface area contributed by atoms with Gasteiger partial charge in [-0.2, -0.15) is 0 Å². The third kappa shape index (κ3) is 5.70. The van der Waals surface area contributed by atoms with E-state index in [-0.39, 0.29) is 18.4 Å². The van der Waals surface area contributed by atoms with Crippen molar-refractivity contribution in [2.75, 3.05) is 0 Å². The SMILES string of the molecule is CC(N)CCC(=O)NC(C(=O)O)C(C)(C)C. The third-order valence-electron chi connectivity index (χ3n) is 2.25. The van der Waals surface area contributed by atoms with Gasteiger partial charge in [-0.15, -0.1) is 0 Å². The molecular weight excluding hydrogens is 208 g/mol. The van der Waals surface area contributed by atoms with E-state index in [4.69, 9.17) is 10.8 Å². The smallest absolute Gasteiger partial charge is 0.326 e. The van der Waals surface area contributed by atoms with Crippen molar-refractivity contribution in [2.24, 2.45) is 11.1 Å². The van der Waals surface area contributed by atoms with Crippen LogP contribution < -0.4 is 11.1 Å². The van der Waals surface area contributed by atoms with E-state index in [0.717, 1.165) is 0 Å². The maximum absolute atomic E-state index is 11.5. The summed E-state index contributed by atoms with van der Waals surface area (Å²) in [6.07, 6.45) is 0.819. The van der Waals surface area contributed by atoms with Crippen LogP contribution in [0.5, 0.6) is 0 Å². The summed E-state index contributed by atoms with van der Waals surface area (Å²) in [5.74, 6) is -1.28. The lowest BCUT2D eigenvalue weighted by Gasteiger charge is -2.27. The maximum atomic E-state index is 11.5. The first kappa shape index (κ1) is 14.9. The average Bonchev–Trinajstić information content (AvgIpc) is 2.08. The summed E-state index contributed by atoms with van der Waals surface area (Å²) >= 11 is 0. The number of carbonyl (C=O) groups is 2. The molecule has 0 rings (SSSR count). The fraction of sp³-hybridized carbons (Fsp3) is 0.818. The van der Waals surface area contributed by atoms with Gasteiger partial charge in [0.25, 0.3) is 0 Å². The number of carboxylic acid groups (broad SMARTS) is 1. The molecule has 0 bridgehead atoms. The lowest BCUT2D eigenvalue weighted by Crippen LogP contribution is -2.49. The Hall–Kier alpha value is -1.10. The molecule has 0 aliphatic rings. The molecule has 0 fully saturated rings. The average molecular weight is 230 g/mol. The standard InChI is InChI=1S/C11H22N2O3/c1-7(12)5-6-8(14)13-9(10(15)16)11(2,3)4/h7,9H,5-6,12H2,1-4H3,(H,13,14)(H,15,16). The highest BCUT2D eigenvalue weighted by molar-refractivity contribution is 5.84. The number of aliphatic carboxylic acids is 1. The molecule has 0 aromatic heterocycles. The summed E-state index contributed by atoms with van der Waals surface area (Å²) in [6, 6.07) is -0.920. The van der Waals surface area contributed by atoms with Crippen molar-refractivity contribution < 1.29 is 14.7 Å². The van der Waals surface area contributed by atoms with E-state index in [1.807, 2.05) is 6.92 Å². The van der Waals surface area contributed by atoms with Crippen molar-refractivity contribution in [3.05, 3.63) is 0 Å². The Balaban J connectivity index is 4.32. The van der Waals surface area contributed by atoms with Crippen LogP contribution in [0.4, 0.5) is 0 Å². The summed E-state index contributed by atoms with van der Waals surface area (Å²) in [5.41, 5.74) is 5.02. The van der Waals surface area contributed by atoms with Gasteiger partial charge in [0.2, 0.25) is 5.91 Å². The van der Waals surface area contributed by atoms with E-state index < -0.39 is 17.4 Å². The normalized spacial score (nSPS) is 15.3. The van der Waals surface area contributed by atoms with Crippen LogP contribution in [0, 0.1) is 5.41 Å². The largest absolute Gasteiger partial charge is 0.480 e. The Morgan fingerprint density at radius 3 is 2.19 bits per heavy atom. The minimum atomic E-state index is -1.01. The molecule has 2 atom stereocenters. The van der Waals surface area contributed by atoms with Crippen molar-refractivity contribution in [1.82, 2.24) is 5.32 Å². The highest BCUT2D eigenvalue weighted by Gasteiger charge is 2.32. The van der Waals surface area contributed by atoms with Crippen LogP contribution in [0.1, 0.15) is 40.5 Å². The van der Waals surface area contributed by atoms with Crippen molar-refractivity contribution in [2.45, 2.75) is 52.6 Å². The zero-order chi connectivity index (χ0) is 12.9. The topological polar surface area (TPSA) is 92.4 Å². The summed E-state index contributed by atoms with van der Waals surface area (Å²) in [4.78, 5) is 22.5. The molecule has 0 aliphatic carbocycles. The zero-order valence-corrected chi connectivity index (χ0v) is 10.4. The number of amides is 1. The predicted octanol–water partition coefficient (Wildman–Crippen LogP) is 0.729. The first-order valence-corrected chi connectivity index (χ1v) is 5.42. The molecule has 4 N–H and O–H groups in total. The van der Waals surface area contributed by atoms with Crippen LogP contribution in [0.2, 0.25) is 0 Å². The van der Waals surface area contributed by atoms with Crippen LogP contribution in [0.3, 0.4) is 0 Å². The van der Waals surface area contributed by atoms with E-state index in [9.17, 15) is 9.59 Å². The second-order valence-corrected chi connectivity index (χ2v) is 5.22. The summed E-state index contributed by atoms with van der Waals surface area (Å²) < 4.78 is 0. The fourth-order valence-electron chi connectivity index (χ4n) is 1.24. The highest BCUT2D eigenvalue weighted by atomic mass is 16.4. The number of nitrogens with two attached hydrogens (primary N) is 1. The molecular formula is C11H22N2O3. The molecule has 0 saturated heterocycles. The number of rotatable bonds is 5. The van der Waals surface area contributed by atoms with Crippen LogP contribution in [0.15, 0.2) is 0 Å². The third-order valence-corrected chi connectivity index (χ3v) is 2.25. The Bertz CT molecular complexity index is 256. The molecule has 0 aromatic carbocycles. The molecule has 0 heterocycles. The number of hydrogen-bond donors (Lipinski definition) is 3. The van der Waals surface area contributed by atoms with E-state index in [2.05, 4.69) is 5.32 Å². The molecule has 94 valence electrons. The summed E-state index contributed by atoms with van der Waals surface area (Å²) in [7, 11) is 0. The lowest BCUT2D eigenvalue weighted by molar-refractivity contribution is -0.144. The molecule has 0 saturated carbocycles. The van der Waals surface area contributed by atoms with Gasteiger partial charge < -0.3 is 16.2 Å². The van der Waals surface area contributed by atoms with E-state index in [0.29, 0.717) is 6.42 Å². The summed E-state index contributed by atoms with van der Waals surface area (Å²) in [5, 5.41) is 11.5. The van der Waals surface area contributed by atoms with Crippen LogP contribution >= 0.6 is 0 Å². The van der Waals surface area contributed by atoms with Gasteiger partial charge in [-0.1, -0.05) is 20.8 Å². The lowest BCUT2D eigenvalue weighted by atomic mass is 9.86. The number of carbonyl (C=O) groups excluding carboxylic acids is 1. The highest BCUT2D eigenvalue weighted by Crippen LogP contribution is 2.19. The first-order chi connectivity index (χ1) is 7.14. The van der Waals surface area contributed by atoms with Crippen molar-refractivity contribution in [3.8, 4) is 0 Å². The fourth-order valence-corrected chi connectivity index (χ4v) is 1.24. The molecule has 2 unspecified atom stereocenters. The van der Waals surface area contributed by atoms with Crippen molar-refractivity contribution >= 4 is 11.9 Å². The number of nitrogens with one attached hydrogen (secondary N) is 1. The molecule has 0 aliphatic heterocycles. The van der Waals surface area contributed by atoms with Gasteiger partial charge in [-0.3, -0.25) is 4.79 Å². The van der Waals surface area contributed by atoms with Crippen LogP contribution in [-0.2, 0) is 9.59 Å². The van der Waals surface area contributed by atoms with E-state index in [1.165, 1.54) is 0 Å². The van der Waals surface area contributed by atoms with Crippen molar-refractivity contribution in [3.63, 3.8) is 0 Å². The maximum Gasteiger partial charge on any atom is 0.326 e. The Labute approximate surface area is 96.4 Å². The number of carboxylic acids is 1. The second-order valence-electron chi connectivity index (χ2n) is 5.22. The Morgan fingerprint density at radius 1 is 1.38 bits per heavy atom. The predicted molar refractivity (Wildman–Crippen MR) is 61.9 cm³/mol. The van der Waals surface area contributed by atoms with Gasteiger partial charge in [-0.05, 0) is 18.8 Å². The van der Waals surface area contributed by atoms with Crippen LogP contribution in [0.25, 0.3) is 0 Å². The molecule has 0 spiro atoms. The molecule has 5 nitrogen and oxygen atoms in total. The molecule has 1 amide bonds. The summed E-state index contributed by atoms with van der Waals surface area (Å²) in [6.45, 7) is 7.14. The van der Waals surface area contributed by atoms with E-state index in [1.54, 1.807) is 20.8 Å².